The number of rotatable bonds is 9. The number of nitrogens with zero attached hydrogens (tertiary/aromatic N) is 1. The Morgan fingerprint density at radius 2 is 2.08 bits per heavy atom. The van der Waals surface area contributed by atoms with Crippen LogP contribution in [0.15, 0.2) is 0 Å². The summed E-state index contributed by atoms with van der Waals surface area (Å²) < 4.78 is 16.6. The lowest BCUT2D eigenvalue weighted by atomic mass is 10.4. The van der Waals surface area contributed by atoms with Crippen molar-refractivity contribution in [1.82, 2.24) is 10.2 Å². The van der Waals surface area contributed by atoms with Gasteiger partial charge in [0.25, 0.3) is 0 Å². The molecule has 0 aromatic carbocycles. The van der Waals surface area contributed by atoms with Crippen LogP contribution in [-0.4, -0.2) is 58.5 Å². The second-order valence-corrected chi connectivity index (χ2v) is 3.09. The highest BCUT2D eigenvalue weighted by Gasteiger charge is 1.96. The van der Waals surface area contributed by atoms with Crippen LogP contribution in [0, 0.1) is 0 Å². The summed E-state index contributed by atoms with van der Waals surface area (Å²) in [5.74, 6) is 0. The van der Waals surface area contributed by atoms with E-state index in [2.05, 4.69) is 17.3 Å². The molecule has 0 saturated carbocycles. The number of ether oxygens (including phenoxy) is 1. The number of hydrogen-bond donors (Lipinski definition) is 1. The van der Waals surface area contributed by atoms with Crippen LogP contribution in [0.5, 0.6) is 0 Å². The van der Waals surface area contributed by atoms with E-state index in [1.165, 1.54) is 0 Å². The van der Waals surface area contributed by atoms with E-state index in [0.29, 0.717) is 6.42 Å². The Morgan fingerprint density at radius 1 is 1.31 bits per heavy atom. The molecule has 0 atom stereocenters. The largest absolute Gasteiger partial charge is 0.383 e. The van der Waals surface area contributed by atoms with Crippen LogP contribution in [0.2, 0.25) is 0 Å². The maximum absolute atomic E-state index is 11.7. The number of alkyl halides is 1. The normalized spacial score (nSPS) is 11.1. The van der Waals surface area contributed by atoms with Crippen LogP contribution in [0.4, 0.5) is 4.39 Å². The molecule has 80 valence electrons. The summed E-state index contributed by atoms with van der Waals surface area (Å²) in [5, 5.41) is 3.17. The zero-order chi connectivity index (χ0) is 9.94. The molecule has 0 radical (unpaired) electrons. The van der Waals surface area contributed by atoms with Crippen LogP contribution < -0.4 is 5.32 Å². The van der Waals surface area contributed by atoms with Crippen molar-refractivity contribution in [2.24, 2.45) is 0 Å². The van der Waals surface area contributed by atoms with Crippen LogP contribution in [0.3, 0.4) is 0 Å². The number of halogens is 1. The van der Waals surface area contributed by atoms with Crippen molar-refractivity contribution < 1.29 is 9.13 Å². The molecular formula is C9H21FN2O. The highest BCUT2D eigenvalue weighted by Crippen LogP contribution is 1.81. The minimum absolute atomic E-state index is 0.230. The summed E-state index contributed by atoms with van der Waals surface area (Å²) in [6.45, 7) is 4.15. The van der Waals surface area contributed by atoms with Crippen LogP contribution in [0.25, 0.3) is 0 Å². The molecule has 0 spiro atoms. The molecule has 0 heterocycles. The van der Waals surface area contributed by atoms with Gasteiger partial charge in [0.05, 0.1) is 13.3 Å². The van der Waals surface area contributed by atoms with Gasteiger partial charge < -0.3 is 15.0 Å². The highest BCUT2D eigenvalue weighted by atomic mass is 19.1. The molecule has 1 N–H and O–H groups in total. The Hall–Kier alpha value is -0.190. The van der Waals surface area contributed by atoms with Gasteiger partial charge in [0.1, 0.15) is 0 Å². The van der Waals surface area contributed by atoms with E-state index in [4.69, 9.17) is 4.74 Å². The fraction of sp³-hybridized carbons (Fsp3) is 1.00. The predicted octanol–water partition coefficient (Wildman–Crippen LogP) is 0.514. The van der Waals surface area contributed by atoms with E-state index in [-0.39, 0.29) is 6.67 Å². The summed E-state index contributed by atoms with van der Waals surface area (Å²) in [5.41, 5.74) is 0. The first kappa shape index (κ1) is 12.8. The third-order valence-corrected chi connectivity index (χ3v) is 1.83. The fourth-order valence-corrected chi connectivity index (χ4v) is 0.946. The van der Waals surface area contributed by atoms with E-state index in [0.717, 1.165) is 32.8 Å². The second kappa shape index (κ2) is 9.89. The molecule has 0 aliphatic rings. The standard InChI is InChI=1S/C9H21FN2O/c1-12(8-9-13-2)7-6-11-5-3-4-10/h11H,3-9H2,1-2H3. The van der Waals surface area contributed by atoms with Gasteiger partial charge in [-0.1, -0.05) is 0 Å². The molecule has 0 rings (SSSR count). The minimum Gasteiger partial charge on any atom is -0.383 e. The van der Waals surface area contributed by atoms with Crippen molar-refractivity contribution in [2.75, 3.05) is 53.6 Å². The van der Waals surface area contributed by atoms with Crippen molar-refractivity contribution in [1.29, 1.82) is 0 Å². The van der Waals surface area contributed by atoms with Crippen molar-refractivity contribution in [3.63, 3.8) is 0 Å². The molecule has 0 aromatic heterocycles. The Labute approximate surface area is 80.2 Å². The third-order valence-electron chi connectivity index (χ3n) is 1.83. The molecule has 0 saturated heterocycles. The van der Waals surface area contributed by atoms with Gasteiger partial charge in [0.2, 0.25) is 0 Å². The van der Waals surface area contributed by atoms with Crippen molar-refractivity contribution in [3.8, 4) is 0 Å². The van der Waals surface area contributed by atoms with Crippen LogP contribution in [-0.2, 0) is 4.74 Å². The monoisotopic (exact) mass is 192 g/mol. The molecular weight excluding hydrogens is 171 g/mol. The number of hydrogen-bond acceptors (Lipinski definition) is 3. The smallest absolute Gasteiger partial charge is 0.0906 e. The minimum atomic E-state index is -0.230. The number of methoxy groups -OCH3 is 1. The third kappa shape index (κ3) is 9.73. The molecule has 13 heavy (non-hydrogen) atoms. The van der Waals surface area contributed by atoms with Crippen molar-refractivity contribution in [3.05, 3.63) is 0 Å². The second-order valence-electron chi connectivity index (χ2n) is 3.09. The lowest BCUT2D eigenvalue weighted by Gasteiger charge is -2.15. The molecule has 0 amide bonds. The molecule has 0 fully saturated rings. The molecule has 0 aliphatic heterocycles. The van der Waals surface area contributed by atoms with E-state index in [1.54, 1.807) is 7.11 Å². The van der Waals surface area contributed by atoms with Gasteiger partial charge in [-0.3, -0.25) is 4.39 Å². The maximum Gasteiger partial charge on any atom is 0.0906 e. The van der Waals surface area contributed by atoms with E-state index < -0.39 is 0 Å². The van der Waals surface area contributed by atoms with E-state index in [9.17, 15) is 4.39 Å². The average molecular weight is 192 g/mol. The zero-order valence-electron chi connectivity index (χ0n) is 8.68. The molecule has 0 unspecified atom stereocenters. The Bertz CT molecular complexity index is 104. The highest BCUT2D eigenvalue weighted by molar-refractivity contribution is 4.54. The Balaban J connectivity index is 3.03. The van der Waals surface area contributed by atoms with Gasteiger partial charge in [0, 0.05) is 26.7 Å². The topological polar surface area (TPSA) is 24.5 Å². The lowest BCUT2D eigenvalue weighted by Crippen LogP contribution is -2.31. The SMILES string of the molecule is COCCN(C)CCNCCCF. The molecule has 4 heteroatoms. The first-order chi connectivity index (χ1) is 6.31. The zero-order valence-corrected chi connectivity index (χ0v) is 8.68. The van der Waals surface area contributed by atoms with Gasteiger partial charge in [-0.2, -0.15) is 0 Å². The molecule has 0 bridgehead atoms. The quantitative estimate of drug-likeness (QED) is 0.539. The maximum atomic E-state index is 11.7. The first-order valence-corrected chi connectivity index (χ1v) is 4.75. The summed E-state index contributed by atoms with van der Waals surface area (Å²) in [6.07, 6.45) is 0.613. The Morgan fingerprint density at radius 3 is 2.69 bits per heavy atom. The first-order valence-electron chi connectivity index (χ1n) is 4.75. The van der Waals surface area contributed by atoms with Crippen molar-refractivity contribution in [2.45, 2.75) is 6.42 Å². The number of likely N-dealkylation sites (N-methyl/N-ethyl adjacent to an activating group) is 1. The Kier molecular flexibility index (Phi) is 9.75. The van der Waals surface area contributed by atoms with Gasteiger partial charge >= 0.3 is 0 Å². The van der Waals surface area contributed by atoms with Crippen LogP contribution in [0.1, 0.15) is 6.42 Å². The van der Waals surface area contributed by atoms with Gasteiger partial charge in [0.15, 0.2) is 0 Å². The van der Waals surface area contributed by atoms with Crippen LogP contribution >= 0.6 is 0 Å². The molecule has 3 nitrogen and oxygen atoms in total. The average Bonchev–Trinajstić information content (AvgIpc) is 2.14. The number of nitrogens with one attached hydrogen (secondary N) is 1. The molecule has 0 aliphatic carbocycles. The van der Waals surface area contributed by atoms with Gasteiger partial charge in [-0.05, 0) is 20.0 Å². The summed E-state index contributed by atoms with van der Waals surface area (Å²) in [6, 6.07) is 0. The van der Waals surface area contributed by atoms with Gasteiger partial charge in [-0.25, -0.2) is 0 Å². The summed E-state index contributed by atoms with van der Waals surface area (Å²) in [4.78, 5) is 2.19. The summed E-state index contributed by atoms with van der Waals surface area (Å²) in [7, 11) is 3.75. The lowest BCUT2D eigenvalue weighted by molar-refractivity contribution is 0.161. The van der Waals surface area contributed by atoms with Crippen molar-refractivity contribution >= 4 is 0 Å². The fourth-order valence-electron chi connectivity index (χ4n) is 0.946. The summed E-state index contributed by atoms with van der Waals surface area (Å²) >= 11 is 0. The van der Waals surface area contributed by atoms with E-state index >= 15 is 0 Å². The van der Waals surface area contributed by atoms with Gasteiger partial charge in [-0.15, -0.1) is 0 Å². The molecule has 0 aromatic rings. The van der Waals surface area contributed by atoms with E-state index in [1.807, 2.05) is 0 Å². The predicted molar refractivity (Wildman–Crippen MR) is 52.8 cm³/mol.